The highest BCUT2D eigenvalue weighted by Gasteiger charge is 2.34. The van der Waals surface area contributed by atoms with E-state index < -0.39 is 0 Å². The average molecular weight is 317 g/mol. The molecule has 1 atom stereocenters. The average Bonchev–Trinajstić information content (AvgIpc) is 3.10. The van der Waals surface area contributed by atoms with Crippen molar-refractivity contribution in [3.05, 3.63) is 23.8 Å². The largest absolute Gasteiger partial charge is 0.493 e. The van der Waals surface area contributed by atoms with E-state index in [1.54, 1.807) is 14.2 Å². The normalized spacial score (nSPS) is 22.2. The van der Waals surface area contributed by atoms with E-state index in [2.05, 4.69) is 11.0 Å². The molecule has 2 fully saturated rings. The molecule has 1 saturated heterocycles. The summed E-state index contributed by atoms with van der Waals surface area (Å²) >= 11 is 0. The number of methoxy groups -OCH3 is 2. The Hall–Kier alpha value is -1.71. The highest BCUT2D eigenvalue weighted by Crippen LogP contribution is 2.38. The molecule has 1 saturated carbocycles. The molecule has 1 aromatic carbocycles. The lowest BCUT2D eigenvalue weighted by atomic mass is 9.88. The Morgan fingerprint density at radius 1 is 1.00 bits per heavy atom. The Labute approximate surface area is 138 Å². The van der Waals surface area contributed by atoms with Gasteiger partial charge in [-0.1, -0.05) is 25.3 Å². The topological polar surface area (TPSA) is 38.8 Å². The number of amides is 1. The monoisotopic (exact) mass is 317 g/mol. The number of ether oxygens (including phenoxy) is 2. The summed E-state index contributed by atoms with van der Waals surface area (Å²) in [7, 11) is 3.30. The molecule has 0 radical (unpaired) electrons. The van der Waals surface area contributed by atoms with Gasteiger partial charge >= 0.3 is 0 Å². The minimum absolute atomic E-state index is 0.184. The quantitative estimate of drug-likeness (QED) is 0.844. The molecule has 4 heteroatoms. The molecule has 0 spiro atoms. The van der Waals surface area contributed by atoms with Crippen molar-refractivity contribution in [1.82, 2.24) is 4.90 Å². The highest BCUT2D eigenvalue weighted by molar-refractivity contribution is 5.79. The Kier molecular flexibility index (Phi) is 5.09. The zero-order valence-corrected chi connectivity index (χ0v) is 14.2. The molecule has 0 bridgehead atoms. The molecule has 1 heterocycles. The van der Waals surface area contributed by atoms with Crippen LogP contribution in [0, 0.1) is 5.92 Å². The number of carbonyl (C=O) groups is 1. The van der Waals surface area contributed by atoms with Gasteiger partial charge in [-0.3, -0.25) is 4.79 Å². The number of hydrogen-bond acceptors (Lipinski definition) is 3. The van der Waals surface area contributed by atoms with Crippen LogP contribution in [-0.2, 0) is 4.79 Å². The van der Waals surface area contributed by atoms with Crippen molar-refractivity contribution in [3.63, 3.8) is 0 Å². The summed E-state index contributed by atoms with van der Waals surface area (Å²) in [5.41, 5.74) is 1.16. The maximum absolute atomic E-state index is 12.9. The molecular weight excluding hydrogens is 290 g/mol. The molecule has 4 nitrogen and oxygen atoms in total. The lowest BCUT2D eigenvalue weighted by Crippen LogP contribution is -2.36. The first-order valence-corrected chi connectivity index (χ1v) is 8.77. The zero-order chi connectivity index (χ0) is 16.2. The highest BCUT2D eigenvalue weighted by atomic mass is 16.5. The fraction of sp³-hybridized carbons (Fsp3) is 0.632. The number of hydrogen-bond donors (Lipinski definition) is 0. The number of rotatable bonds is 4. The smallest absolute Gasteiger partial charge is 0.226 e. The molecule has 2 aliphatic rings. The Balaban J connectivity index is 1.79. The summed E-state index contributed by atoms with van der Waals surface area (Å²) in [4.78, 5) is 15.0. The van der Waals surface area contributed by atoms with Gasteiger partial charge in [-0.25, -0.2) is 0 Å². The van der Waals surface area contributed by atoms with E-state index in [1.165, 1.54) is 19.3 Å². The lowest BCUT2D eigenvalue weighted by molar-refractivity contribution is -0.137. The van der Waals surface area contributed by atoms with Crippen molar-refractivity contribution in [2.75, 3.05) is 20.8 Å². The predicted octanol–water partition coefficient (Wildman–Crippen LogP) is 3.95. The third-order valence-electron chi connectivity index (χ3n) is 5.28. The Morgan fingerprint density at radius 2 is 1.74 bits per heavy atom. The van der Waals surface area contributed by atoms with Crippen molar-refractivity contribution in [3.8, 4) is 11.5 Å². The van der Waals surface area contributed by atoms with E-state index >= 15 is 0 Å². The number of carbonyl (C=O) groups excluding carboxylic acids is 1. The summed E-state index contributed by atoms with van der Waals surface area (Å²) in [6.07, 6.45) is 7.92. The van der Waals surface area contributed by atoms with E-state index in [9.17, 15) is 4.79 Å². The molecule has 23 heavy (non-hydrogen) atoms. The van der Waals surface area contributed by atoms with E-state index in [0.29, 0.717) is 5.91 Å². The standard InChI is InChI=1S/C19H27NO3/c1-22-17-11-10-15(13-18(17)23-2)16-9-6-12-20(16)19(21)14-7-4-3-5-8-14/h10-11,13-14,16H,3-9,12H2,1-2H3. The van der Waals surface area contributed by atoms with Gasteiger partial charge in [-0.2, -0.15) is 0 Å². The summed E-state index contributed by atoms with van der Waals surface area (Å²) < 4.78 is 10.7. The van der Waals surface area contributed by atoms with Crippen LogP contribution in [0.1, 0.15) is 56.6 Å². The molecule has 0 N–H and O–H groups in total. The van der Waals surface area contributed by atoms with Gasteiger partial charge in [-0.05, 0) is 43.4 Å². The first-order chi connectivity index (χ1) is 11.2. The third-order valence-corrected chi connectivity index (χ3v) is 5.28. The second-order valence-electron chi connectivity index (χ2n) is 6.64. The van der Waals surface area contributed by atoms with Crippen molar-refractivity contribution >= 4 is 5.91 Å². The van der Waals surface area contributed by atoms with Crippen LogP contribution in [0.15, 0.2) is 18.2 Å². The first-order valence-electron chi connectivity index (χ1n) is 8.77. The van der Waals surface area contributed by atoms with Gasteiger partial charge in [0.2, 0.25) is 5.91 Å². The third kappa shape index (κ3) is 3.31. The van der Waals surface area contributed by atoms with E-state index in [1.807, 2.05) is 12.1 Å². The van der Waals surface area contributed by atoms with Crippen molar-refractivity contribution in [2.45, 2.75) is 51.0 Å². The van der Waals surface area contributed by atoms with Gasteiger partial charge < -0.3 is 14.4 Å². The number of nitrogens with zero attached hydrogens (tertiary/aromatic N) is 1. The van der Waals surface area contributed by atoms with Crippen molar-refractivity contribution in [1.29, 1.82) is 0 Å². The molecule has 1 unspecified atom stereocenters. The maximum atomic E-state index is 12.9. The molecule has 126 valence electrons. The SMILES string of the molecule is COc1ccc(C2CCCN2C(=O)C2CCCCC2)cc1OC. The molecular formula is C19H27NO3. The van der Waals surface area contributed by atoms with Crippen LogP contribution in [0.25, 0.3) is 0 Å². The first kappa shape index (κ1) is 16.2. The summed E-state index contributed by atoms with van der Waals surface area (Å²) in [5, 5.41) is 0. The number of likely N-dealkylation sites (tertiary alicyclic amines) is 1. The molecule has 1 aliphatic heterocycles. The minimum Gasteiger partial charge on any atom is -0.493 e. The zero-order valence-electron chi connectivity index (χ0n) is 14.2. The van der Waals surface area contributed by atoms with E-state index in [0.717, 1.165) is 49.3 Å². The summed E-state index contributed by atoms with van der Waals surface area (Å²) in [6.45, 7) is 0.883. The second kappa shape index (κ2) is 7.24. The lowest BCUT2D eigenvalue weighted by Gasteiger charge is -2.31. The van der Waals surface area contributed by atoms with Gasteiger partial charge in [0, 0.05) is 12.5 Å². The molecule has 3 rings (SSSR count). The van der Waals surface area contributed by atoms with Gasteiger partial charge in [0.1, 0.15) is 0 Å². The molecule has 1 aliphatic carbocycles. The van der Waals surface area contributed by atoms with Gasteiger partial charge in [0.15, 0.2) is 11.5 Å². The van der Waals surface area contributed by atoms with Gasteiger partial charge in [0.05, 0.1) is 20.3 Å². The fourth-order valence-corrected chi connectivity index (χ4v) is 4.02. The van der Waals surface area contributed by atoms with E-state index in [-0.39, 0.29) is 12.0 Å². The van der Waals surface area contributed by atoms with Crippen LogP contribution in [0.4, 0.5) is 0 Å². The number of benzene rings is 1. The van der Waals surface area contributed by atoms with Crippen LogP contribution in [-0.4, -0.2) is 31.6 Å². The Bertz CT molecular complexity index is 552. The minimum atomic E-state index is 0.184. The van der Waals surface area contributed by atoms with Crippen molar-refractivity contribution in [2.24, 2.45) is 5.92 Å². The molecule has 1 amide bonds. The predicted molar refractivity (Wildman–Crippen MR) is 89.8 cm³/mol. The molecule has 0 aromatic heterocycles. The fourth-order valence-electron chi connectivity index (χ4n) is 4.02. The van der Waals surface area contributed by atoms with Crippen LogP contribution in [0.5, 0.6) is 11.5 Å². The summed E-state index contributed by atoms with van der Waals surface area (Å²) in [5.74, 6) is 2.08. The van der Waals surface area contributed by atoms with Crippen LogP contribution >= 0.6 is 0 Å². The summed E-state index contributed by atoms with van der Waals surface area (Å²) in [6, 6.07) is 6.22. The van der Waals surface area contributed by atoms with Gasteiger partial charge in [-0.15, -0.1) is 0 Å². The van der Waals surface area contributed by atoms with Crippen LogP contribution in [0.3, 0.4) is 0 Å². The van der Waals surface area contributed by atoms with Gasteiger partial charge in [0.25, 0.3) is 0 Å². The van der Waals surface area contributed by atoms with Crippen LogP contribution in [0.2, 0.25) is 0 Å². The Morgan fingerprint density at radius 3 is 2.43 bits per heavy atom. The maximum Gasteiger partial charge on any atom is 0.226 e. The second-order valence-corrected chi connectivity index (χ2v) is 6.64. The van der Waals surface area contributed by atoms with Crippen LogP contribution < -0.4 is 9.47 Å². The molecule has 1 aromatic rings. The van der Waals surface area contributed by atoms with Crippen molar-refractivity contribution < 1.29 is 14.3 Å². The van der Waals surface area contributed by atoms with E-state index in [4.69, 9.17) is 9.47 Å².